The molecule has 1 aliphatic heterocycles. The highest BCUT2D eigenvalue weighted by molar-refractivity contribution is 7.69. The van der Waals surface area contributed by atoms with Crippen LogP contribution in [0.3, 0.4) is 0 Å². The molecular formula is C25H34N2O8P+. The number of aryl methyl sites for hydroxylation is 2. The maximum Gasteiger partial charge on any atom is 0.450 e. The maximum absolute atomic E-state index is 13.3. The van der Waals surface area contributed by atoms with E-state index in [0.717, 1.165) is 6.42 Å². The van der Waals surface area contributed by atoms with Gasteiger partial charge in [0.05, 0.1) is 34.0 Å². The molecule has 0 radical (unpaired) electrons. The monoisotopic (exact) mass is 521 g/mol. The van der Waals surface area contributed by atoms with Crippen LogP contribution >= 0.6 is 7.94 Å². The molecule has 3 rings (SSSR count). The molecule has 2 aromatic rings. The van der Waals surface area contributed by atoms with Crippen molar-refractivity contribution in [3.8, 4) is 11.1 Å². The van der Waals surface area contributed by atoms with Crippen LogP contribution < -0.4 is 5.30 Å². The number of carbonyl (C=O) groups is 1. The second-order valence-electron chi connectivity index (χ2n) is 9.66. The van der Waals surface area contributed by atoms with Gasteiger partial charge < -0.3 is 9.47 Å². The minimum absolute atomic E-state index is 0.0162. The van der Waals surface area contributed by atoms with Crippen molar-refractivity contribution in [2.45, 2.75) is 66.1 Å². The van der Waals surface area contributed by atoms with Crippen LogP contribution in [-0.2, 0) is 18.5 Å². The zero-order valence-electron chi connectivity index (χ0n) is 21.8. The first-order valence-corrected chi connectivity index (χ1v) is 13.4. The second-order valence-corrected chi connectivity index (χ2v) is 11.5. The Morgan fingerprint density at radius 1 is 1.11 bits per heavy atom. The number of hydrogen-bond donors (Lipinski definition) is 1. The summed E-state index contributed by atoms with van der Waals surface area (Å²) in [5.74, 6) is -0.688. The summed E-state index contributed by atoms with van der Waals surface area (Å²) in [7, 11) is -3.79. The number of pyridine rings is 1. The number of rotatable bonds is 9. The Morgan fingerprint density at radius 3 is 2.33 bits per heavy atom. The van der Waals surface area contributed by atoms with Gasteiger partial charge in [0.15, 0.2) is 0 Å². The van der Waals surface area contributed by atoms with Crippen LogP contribution in [0.25, 0.3) is 11.1 Å². The Labute approximate surface area is 211 Å². The van der Waals surface area contributed by atoms with Crippen LogP contribution in [0.15, 0.2) is 24.3 Å². The molecule has 1 fully saturated rings. The largest absolute Gasteiger partial charge is 0.460 e. The highest BCUT2D eigenvalue weighted by Gasteiger charge is 2.68. The highest BCUT2D eigenvalue weighted by atomic mass is 31.2. The number of nitro benzene ring substituents is 1. The molecule has 1 N–H and O–H groups in total. The quantitative estimate of drug-likeness (QED) is 0.162. The number of benzene rings is 1. The lowest BCUT2D eigenvalue weighted by Gasteiger charge is -2.24. The molecule has 1 saturated heterocycles. The number of nitro groups is 1. The molecule has 2 heterocycles. The molecule has 0 amide bonds. The summed E-state index contributed by atoms with van der Waals surface area (Å²) in [6.07, 6.45) is 0.838. The second kappa shape index (κ2) is 10.5. The number of nitrogens with zero attached hydrogens (tertiary/aromatic N) is 2. The van der Waals surface area contributed by atoms with E-state index in [1.807, 2.05) is 6.92 Å². The molecule has 36 heavy (non-hydrogen) atoms. The standard InChI is InChI=1S/C25H34N2O8P/c1-8-12-32-13-14-33-23(28)20-16(2)26-17(3)22(36(31)34-24(4,5)25(6,7)35-36)21(20)18-10-9-11-19(15-18)27(29)30/h9-11,15,31H,8,12-14H2,1-7H3/q+1. The molecule has 10 nitrogen and oxygen atoms in total. The minimum atomic E-state index is -3.79. The fourth-order valence-corrected chi connectivity index (χ4v) is 6.83. The van der Waals surface area contributed by atoms with Gasteiger partial charge in [-0.15, -0.1) is 0 Å². The minimum Gasteiger partial charge on any atom is -0.460 e. The summed E-state index contributed by atoms with van der Waals surface area (Å²) < 4.78 is 23.2. The van der Waals surface area contributed by atoms with Gasteiger partial charge in [-0.1, -0.05) is 19.1 Å². The fraction of sp³-hybridized carbons (Fsp3) is 0.520. The van der Waals surface area contributed by atoms with Crippen molar-refractivity contribution >= 4 is 24.9 Å². The molecule has 0 unspecified atom stereocenters. The average molecular weight is 522 g/mol. The van der Waals surface area contributed by atoms with Crippen LogP contribution in [0.2, 0.25) is 0 Å². The van der Waals surface area contributed by atoms with Crippen molar-refractivity contribution in [2.24, 2.45) is 0 Å². The maximum atomic E-state index is 13.3. The van der Waals surface area contributed by atoms with E-state index in [-0.39, 0.29) is 35.3 Å². The first-order chi connectivity index (χ1) is 16.7. The number of carbonyl (C=O) groups excluding carboxylic acids is 1. The van der Waals surface area contributed by atoms with E-state index in [9.17, 15) is 19.8 Å². The van der Waals surface area contributed by atoms with Crippen molar-refractivity contribution in [1.29, 1.82) is 0 Å². The predicted octanol–water partition coefficient (Wildman–Crippen LogP) is 4.84. The van der Waals surface area contributed by atoms with Crippen molar-refractivity contribution in [3.63, 3.8) is 0 Å². The van der Waals surface area contributed by atoms with E-state index in [1.54, 1.807) is 47.6 Å². The molecule has 0 saturated carbocycles. The molecular weight excluding hydrogens is 487 g/mol. The number of hydrogen-bond acceptors (Lipinski definition) is 9. The molecule has 0 aliphatic carbocycles. The van der Waals surface area contributed by atoms with E-state index in [0.29, 0.717) is 23.6 Å². The van der Waals surface area contributed by atoms with Crippen molar-refractivity contribution < 1.29 is 33.1 Å². The predicted molar refractivity (Wildman–Crippen MR) is 136 cm³/mol. The highest BCUT2D eigenvalue weighted by Crippen LogP contribution is 2.70. The Hall–Kier alpha value is -2.49. The number of non-ortho nitro benzene ring substituents is 1. The summed E-state index contributed by atoms with van der Waals surface area (Å²) in [6.45, 7) is 13.3. The van der Waals surface area contributed by atoms with Crippen LogP contribution in [0.1, 0.15) is 62.8 Å². The smallest absolute Gasteiger partial charge is 0.450 e. The van der Waals surface area contributed by atoms with Gasteiger partial charge in [-0.05, 0) is 53.5 Å². The summed E-state index contributed by atoms with van der Waals surface area (Å²) >= 11 is 0. The summed E-state index contributed by atoms with van der Waals surface area (Å²) in [5, 5.41) is 11.7. The van der Waals surface area contributed by atoms with Gasteiger partial charge in [-0.25, -0.2) is 4.79 Å². The molecule has 1 aromatic heterocycles. The van der Waals surface area contributed by atoms with Gasteiger partial charge in [0.2, 0.25) is 5.30 Å². The molecule has 0 bridgehead atoms. The van der Waals surface area contributed by atoms with Gasteiger partial charge in [0.1, 0.15) is 17.8 Å². The number of aromatic nitrogens is 1. The van der Waals surface area contributed by atoms with Gasteiger partial charge in [-0.3, -0.25) is 15.1 Å². The van der Waals surface area contributed by atoms with E-state index in [2.05, 4.69) is 4.98 Å². The lowest BCUT2D eigenvalue weighted by Crippen LogP contribution is -2.41. The van der Waals surface area contributed by atoms with Crippen molar-refractivity contribution in [2.75, 3.05) is 19.8 Å². The molecule has 1 aliphatic rings. The topological polar surface area (TPSA) is 130 Å². The van der Waals surface area contributed by atoms with Gasteiger partial charge in [-0.2, -0.15) is 13.9 Å². The normalized spacial score (nSPS) is 17.7. The summed E-state index contributed by atoms with van der Waals surface area (Å²) in [4.78, 5) is 40.7. The van der Waals surface area contributed by atoms with Crippen molar-refractivity contribution in [1.82, 2.24) is 4.98 Å². The summed E-state index contributed by atoms with van der Waals surface area (Å²) in [5.41, 5.74) is -0.513. The Bertz CT molecular complexity index is 1150. The Balaban J connectivity index is 2.23. The first-order valence-electron chi connectivity index (χ1n) is 11.8. The molecule has 1 aromatic carbocycles. The number of esters is 1. The zero-order valence-corrected chi connectivity index (χ0v) is 22.7. The summed E-state index contributed by atoms with van der Waals surface area (Å²) in [6, 6.07) is 5.84. The third kappa shape index (κ3) is 5.43. The molecule has 0 spiro atoms. The third-order valence-electron chi connectivity index (χ3n) is 6.32. The molecule has 196 valence electrons. The van der Waals surface area contributed by atoms with Gasteiger partial charge in [0.25, 0.3) is 5.69 Å². The van der Waals surface area contributed by atoms with E-state index in [4.69, 9.17) is 18.5 Å². The zero-order chi connectivity index (χ0) is 26.9. The van der Waals surface area contributed by atoms with E-state index in [1.165, 1.54) is 18.2 Å². The van der Waals surface area contributed by atoms with Crippen LogP contribution in [0.4, 0.5) is 5.69 Å². The van der Waals surface area contributed by atoms with Crippen LogP contribution in [-0.4, -0.2) is 51.8 Å². The van der Waals surface area contributed by atoms with E-state index < -0.39 is 30.0 Å². The number of ether oxygens (including phenoxy) is 2. The van der Waals surface area contributed by atoms with Gasteiger partial charge in [0, 0.05) is 18.7 Å². The Morgan fingerprint density at radius 2 is 1.75 bits per heavy atom. The van der Waals surface area contributed by atoms with Crippen LogP contribution in [0, 0.1) is 24.0 Å². The SMILES string of the molecule is CCCOCCOC(=O)c1c(C)nc(C)c([P+]2(O)OC(C)(C)C(C)(C)O2)c1-c1cccc([N+](=O)[O-])c1. The van der Waals surface area contributed by atoms with Crippen molar-refractivity contribution in [3.05, 3.63) is 51.3 Å². The lowest BCUT2D eigenvalue weighted by atomic mass is 9.90. The fourth-order valence-electron chi connectivity index (χ4n) is 3.95. The van der Waals surface area contributed by atoms with E-state index >= 15 is 0 Å². The first kappa shape index (κ1) is 28.1. The average Bonchev–Trinajstić information content (AvgIpc) is 2.94. The Kier molecular flexibility index (Phi) is 8.17. The van der Waals surface area contributed by atoms with Gasteiger partial charge >= 0.3 is 13.9 Å². The van der Waals surface area contributed by atoms with Crippen LogP contribution in [0.5, 0.6) is 0 Å². The molecule has 11 heteroatoms. The lowest BCUT2D eigenvalue weighted by molar-refractivity contribution is -0.384. The third-order valence-corrected chi connectivity index (χ3v) is 8.84. The molecule has 0 atom stereocenters.